The van der Waals surface area contributed by atoms with Crippen molar-refractivity contribution in [3.63, 3.8) is 0 Å². The summed E-state index contributed by atoms with van der Waals surface area (Å²) in [7, 11) is 0. The van der Waals surface area contributed by atoms with E-state index in [1.165, 1.54) is 11.1 Å². The number of nitrogens with two attached hydrogens (primary N) is 1. The van der Waals surface area contributed by atoms with Crippen LogP contribution in [0.2, 0.25) is 5.02 Å². The van der Waals surface area contributed by atoms with E-state index in [-0.39, 0.29) is 0 Å². The molecule has 2 N–H and O–H groups in total. The second-order valence-corrected chi connectivity index (χ2v) is 6.05. The van der Waals surface area contributed by atoms with Crippen LogP contribution in [0.4, 0.5) is 0 Å². The summed E-state index contributed by atoms with van der Waals surface area (Å²) in [5.41, 5.74) is 7.98. The number of hydrogen-bond acceptors (Lipinski definition) is 3. The van der Waals surface area contributed by atoms with Crippen molar-refractivity contribution in [2.75, 3.05) is 32.7 Å². The van der Waals surface area contributed by atoms with Crippen LogP contribution in [-0.4, -0.2) is 47.5 Å². The zero-order valence-corrected chi connectivity index (χ0v) is 12.8. The lowest BCUT2D eigenvalue weighted by Crippen LogP contribution is -2.48. The third-order valence-corrected chi connectivity index (χ3v) is 3.93. The van der Waals surface area contributed by atoms with Crippen molar-refractivity contribution in [3.8, 4) is 0 Å². The van der Waals surface area contributed by atoms with Crippen molar-refractivity contribution in [1.29, 1.82) is 0 Å². The minimum absolute atomic E-state index is 0.579. The van der Waals surface area contributed by atoms with E-state index >= 15 is 0 Å². The fraction of sp³-hybridized carbons (Fsp3) is 0.500. The summed E-state index contributed by atoms with van der Waals surface area (Å²) in [6.07, 6.45) is 0. The van der Waals surface area contributed by atoms with Crippen LogP contribution in [0.25, 0.3) is 0 Å². The Hall–Kier alpha value is -0.680. The number of rotatable bonds is 4. The van der Waals surface area contributed by atoms with Crippen molar-refractivity contribution >= 4 is 28.8 Å². The molecule has 104 valence electrons. The fourth-order valence-corrected chi connectivity index (χ4v) is 2.82. The molecule has 1 aliphatic heterocycles. The number of halogens is 1. The Morgan fingerprint density at radius 3 is 2.47 bits per heavy atom. The van der Waals surface area contributed by atoms with Crippen LogP contribution < -0.4 is 5.73 Å². The Labute approximate surface area is 125 Å². The van der Waals surface area contributed by atoms with Crippen LogP contribution >= 0.6 is 23.8 Å². The fourth-order valence-electron chi connectivity index (χ4n) is 2.35. The van der Waals surface area contributed by atoms with Gasteiger partial charge in [0.2, 0.25) is 0 Å². The molecule has 1 heterocycles. The standard InChI is InChI=1S/C14H20ClN3S/c1-11-2-3-12(13(15)8-11)9-17-4-6-18(7-5-17)10-14(16)19/h2-3,8H,4-7,9-10H2,1H3,(H2,16,19). The van der Waals surface area contributed by atoms with Gasteiger partial charge < -0.3 is 5.73 Å². The summed E-state index contributed by atoms with van der Waals surface area (Å²) in [5, 5.41) is 0.866. The summed E-state index contributed by atoms with van der Waals surface area (Å²) in [6.45, 7) is 7.81. The maximum Gasteiger partial charge on any atom is 0.0870 e. The van der Waals surface area contributed by atoms with Gasteiger partial charge in [-0.05, 0) is 24.1 Å². The molecule has 1 aliphatic rings. The molecule has 1 fully saturated rings. The van der Waals surface area contributed by atoms with E-state index in [0.29, 0.717) is 4.99 Å². The zero-order valence-electron chi connectivity index (χ0n) is 11.2. The second kappa shape index (κ2) is 6.66. The predicted molar refractivity (Wildman–Crippen MR) is 84.7 cm³/mol. The minimum Gasteiger partial charge on any atom is -0.392 e. The van der Waals surface area contributed by atoms with Crippen molar-refractivity contribution in [3.05, 3.63) is 34.3 Å². The van der Waals surface area contributed by atoms with Gasteiger partial charge in [-0.1, -0.05) is 36.0 Å². The van der Waals surface area contributed by atoms with Crippen LogP contribution in [0, 0.1) is 6.92 Å². The quantitative estimate of drug-likeness (QED) is 0.862. The van der Waals surface area contributed by atoms with Crippen molar-refractivity contribution in [2.24, 2.45) is 5.73 Å². The van der Waals surface area contributed by atoms with Crippen molar-refractivity contribution in [2.45, 2.75) is 13.5 Å². The lowest BCUT2D eigenvalue weighted by molar-refractivity contribution is 0.140. The van der Waals surface area contributed by atoms with Gasteiger partial charge in [-0.3, -0.25) is 9.80 Å². The van der Waals surface area contributed by atoms with Gasteiger partial charge in [0.05, 0.1) is 4.99 Å². The Balaban J connectivity index is 1.87. The number of aryl methyl sites for hydroxylation is 1. The highest BCUT2D eigenvalue weighted by Crippen LogP contribution is 2.19. The van der Waals surface area contributed by atoms with Gasteiger partial charge >= 0.3 is 0 Å². The topological polar surface area (TPSA) is 32.5 Å². The van der Waals surface area contributed by atoms with E-state index in [1.807, 2.05) is 6.07 Å². The molecule has 5 heteroatoms. The van der Waals surface area contributed by atoms with Gasteiger partial charge in [-0.25, -0.2) is 0 Å². The number of benzene rings is 1. The molecular weight excluding hydrogens is 278 g/mol. The van der Waals surface area contributed by atoms with E-state index in [0.717, 1.165) is 44.3 Å². The van der Waals surface area contributed by atoms with Gasteiger partial charge in [-0.15, -0.1) is 0 Å². The Morgan fingerprint density at radius 1 is 1.26 bits per heavy atom. The van der Waals surface area contributed by atoms with E-state index in [2.05, 4.69) is 28.9 Å². The van der Waals surface area contributed by atoms with Crippen molar-refractivity contribution < 1.29 is 0 Å². The van der Waals surface area contributed by atoms with Gasteiger partial charge in [0.15, 0.2) is 0 Å². The molecule has 0 aliphatic carbocycles. The maximum atomic E-state index is 6.28. The summed E-state index contributed by atoms with van der Waals surface area (Å²) < 4.78 is 0. The smallest absolute Gasteiger partial charge is 0.0870 e. The Morgan fingerprint density at radius 2 is 1.89 bits per heavy atom. The third kappa shape index (κ3) is 4.42. The summed E-state index contributed by atoms with van der Waals surface area (Å²) in [4.78, 5) is 5.30. The van der Waals surface area contributed by atoms with Crippen LogP contribution in [0.5, 0.6) is 0 Å². The second-order valence-electron chi connectivity index (χ2n) is 5.11. The van der Waals surface area contributed by atoms with Gasteiger partial charge in [0, 0.05) is 44.3 Å². The summed E-state index contributed by atoms with van der Waals surface area (Å²) in [5.74, 6) is 0. The molecule has 3 nitrogen and oxygen atoms in total. The number of piperazine rings is 1. The average Bonchev–Trinajstić information content (AvgIpc) is 2.34. The molecule has 0 unspecified atom stereocenters. The van der Waals surface area contributed by atoms with Crippen LogP contribution in [-0.2, 0) is 6.54 Å². The summed E-state index contributed by atoms with van der Waals surface area (Å²) in [6, 6.07) is 6.27. The van der Waals surface area contributed by atoms with Crippen molar-refractivity contribution in [1.82, 2.24) is 9.80 Å². The van der Waals surface area contributed by atoms with Gasteiger partial charge in [0.25, 0.3) is 0 Å². The first kappa shape index (κ1) is 14.7. The Kier molecular flexibility index (Phi) is 5.16. The zero-order chi connectivity index (χ0) is 13.8. The maximum absolute atomic E-state index is 6.28. The SMILES string of the molecule is Cc1ccc(CN2CCN(CC(N)=S)CC2)c(Cl)c1. The molecule has 0 atom stereocenters. The van der Waals surface area contributed by atoms with E-state index in [4.69, 9.17) is 29.6 Å². The van der Waals surface area contributed by atoms with Crippen LogP contribution in [0.1, 0.15) is 11.1 Å². The van der Waals surface area contributed by atoms with E-state index < -0.39 is 0 Å². The highest BCUT2D eigenvalue weighted by Gasteiger charge is 2.17. The molecular formula is C14H20ClN3S. The third-order valence-electron chi connectivity index (χ3n) is 3.45. The molecule has 2 rings (SSSR count). The number of hydrogen-bond donors (Lipinski definition) is 1. The molecule has 0 spiro atoms. The van der Waals surface area contributed by atoms with Gasteiger partial charge in [0.1, 0.15) is 0 Å². The lowest BCUT2D eigenvalue weighted by Gasteiger charge is -2.34. The van der Waals surface area contributed by atoms with E-state index in [9.17, 15) is 0 Å². The normalized spacial score (nSPS) is 17.6. The molecule has 0 aromatic heterocycles. The highest BCUT2D eigenvalue weighted by molar-refractivity contribution is 7.80. The monoisotopic (exact) mass is 297 g/mol. The molecule has 0 amide bonds. The first-order valence-electron chi connectivity index (χ1n) is 6.52. The number of nitrogens with zero attached hydrogens (tertiary/aromatic N) is 2. The lowest BCUT2D eigenvalue weighted by atomic mass is 10.1. The molecule has 19 heavy (non-hydrogen) atoms. The van der Waals surface area contributed by atoms with Gasteiger partial charge in [-0.2, -0.15) is 0 Å². The summed E-state index contributed by atoms with van der Waals surface area (Å²) >= 11 is 11.2. The first-order valence-corrected chi connectivity index (χ1v) is 7.31. The molecule has 0 bridgehead atoms. The Bertz CT molecular complexity index is 456. The molecule has 1 aromatic rings. The number of thiocarbonyl (C=S) groups is 1. The van der Waals surface area contributed by atoms with E-state index in [1.54, 1.807) is 0 Å². The highest BCUT2D eigenvalue weighted by atomic mass is 35.5. The predicted octanol–water partition coefficient (Wildman–Crippen LogP) is 2.05. The molecule has 0 radical (unpaired) electrons. The molecule has 1 saturated heterocycles. The largest absolute Gasteiger partial charge is 0.392 e. The minimum atomic E-state index is 0.579. The molecule has 1 aromatic carbocycles. The average molecular weight is 298 g/mol. The van der Waals surface area contributed by atoms with Crippen LogP contribution in [0.15, 0.2) is 18.2 Å². The van der Waals surface area contributed by atoms with Crippen LogP contribution in [0.3, 0.4) is 0 Å². The molecule has 0 saturated carbocycles. The first-order chi connectivity index (χ1) is 9.04.